The van der Waals surface area contributed by atoms with Crippen LogP contribution in [0.15, 0.2) is 58.3 Å². The van der Waals surface area contributed by atoms with Crippen molar-refractivity contribution in [3.05, 3.63) is 59.7 Å². The maximum Gasteiger partial charge on any atom is 0.194 e. The molecule has 0 aliphatic heterocycles. The quantitative estimate of drug-likeness (QED) is 0.400. The maximum absolute atomic E-state index is 11.8. The first-order chi connectivity index (χ1) is 13.6. The van der Waals surface area contributed by atoms with Gasteiger partial charge in [-0.2, -0.15) is 0 Å². The van der Waals surface area contributed by atoms with Gasteiger partial charge in [0, 0.05) is 41.1 Å². The second-order valence-corrected chi connectivity index (χ2v) is 7.26. The number of hydrogen-bond donors (Lipinski definition) is 1. The molecule has 142 valence electrons. The van der Waals surface area contributed by atoms with Crippen molar-refractivity contribution in [3.63, 3.8) is 0 Å². The fourth-order valence-electron chi connectivity index (χ4n) is 3.04. The molecule has 2 heterocycles. The third kappa shape index (κ3) is 3.46. The highest BCUT2D eigenvalue weighted by molar-refractivity contribution is 7.13. The van der Waals surface area contributed by atoms with Crippen LogP contribution in [0.25, 0.3) is 21.4 Å². The average molecular weight is 393 g/mol. The molecule has 0 aliphatic carbocycles. The number of anilines is 2. The number of hydrogen-bond acceptors (Lipinski definition) is 6. The topological polar surface area (TPSA) is 60.7 Å². The second kappa shape index (κ2) is 7.40. The SMILES string of the molecule is COc1cc(Nc2cc(-c3cccs3)cc3cc(C(C)=O)oc23)cc(OC)c1. The van der Waals surface area contributed by atoms with E-state index in [1.54, 1.807) is 31.6 Å². The van der Waals surface area contributed by atoms with Crippen LogP contribution in [0.2, 0.25) is 0 Å². The number of rotatable bonds is 6. The van der Waals surface area contributed by atoms with Crippen molar-refractivity contribution < 1.29 is 18.7 Å². The molecule has 0 bridgehead atoms. The van der Waals surface area contributed by atoms with Crippen LogP contribution < -0.4 is 14.8 Å². The molecule has 0 aliphatic rings. The fourth-order valence-corrected chi connectivity index (χ4v) is 3.75. The summed E-state index contributed by atoms with van der Waals surface area (Å²) in [5.41, 5.74) is 3.24. The standard InChI is InChI=1S/C22H19NO4S/c1-13(24)20-9-15-7-14(21-5-4-6-28-21)8-19(22(15)27-20)23-16-10-17(25-2)12-18(11-16)26-3/h4-12,23H,1-3H3. The Labute approximate surface area is 166 Å². The summed E-state index contributed by atoms with van der Waals surface area (Å²) in [7, 11) is 3.22. The number of benzene rings is 2. The third-order valence-corrected chi connectivity index (χ3v) is 5.32. The molecule has 2 aromatic heterocycles. The van der Waals surface area contributed by atoms with Gasteiger partial charge in [-0.05, 0) is 35.2 Å². The lowest BCUT2D eigenvalue weighted by atomic mass is 10.1. The monoisotopic (exact) mass is 393 g/mol. The smallest absolute Gasteiger partial charge is 0.194 e. The summed E-state index contributed by atoms with van der Waals surface area (Å²) in [4.78, 5) is 13.0. The summed E-state index contributed by atoms with van der Waals surface area (Å²) in [6, 6.07) is 15.5. The lowest BCUT2D eigenvalue weighted by Crippen LogP contribution is -1.94. The predicted octanol–water partition coefficient (Wildman–Crippen LogP) is 6.12. The van der Waals surface area contributed by atoms with E-state index in [-0.39, 0.29) is 5.78 Å². The number of thiophene rings is 1. The van der Waals surface area contributed by atoms with Gasteiger partial charge in [0.05, 0.1) is 19.9 Å². The zero-order valence-corrected chi connectivity index (χ0v) is 16.6. The number of carbonyl (C=O) groups excluding carboxylic acids is 1. The summed E-state index contributed by atoms with van der Waals surface area (Å²) in [6.07, 6.45) is 0. The van der Waals surface area contributed by atoms with Crippen LogP contribution in [-0.4, -0.2) is 20.0 Å². The van der Waals surface area contributed by atoms with Crippen molar-refractivity contribution in [2.24, 2.45) is 0 Å². The van der Waals surface area contributed by atoms with Gasteiger partial charge in [0.15, 0.2) is 17.1 Å². The predicted molar refractivity (Wildman–Crippen MR) is 112 cm³/mol. The van der Waals surface area contributed by atoms with E-state index < -0.39 is 0 Å². The summed E-state index contributed by atoms with van der Waals surface area (Å²) in [5, 5.41) is 6.30. The van der Waals surface area contributed by atoms with E-state index in [0.29, 0.717) is 22.8 Å². The normalized spacial score (nSPS) is 10.8. The van der Waals surface area contributed by atoms with Gasteiger partial charge in [-0.3, -0.25) is 4.79 Å². The van der Waals surface area contributed by atoms with Crippen molar-refractivity contribution in [2.45, 2.75) is 6.92 Å². The second-order valence-electron chi connectivity index (χ2n) is 6.31. The molecule has 0 spiro atoms. The first-order valence-electron chi connectivity index (χ1n) is 8.70. The Balaban J connectivity index is 1.86. The highest BCUT2D eigenvalue weighted by Gasteiger charge is 2.15. The summed E-state index contributed by atoms with van der Waals surface area (Å²) in [5.74, 6) is 1.58. The maximum atomic E-state index is 11.8. The van der Waals surface area contributed by atoms with Crippen molar-refractivity contribution in [1.29, 1.82) is 0 Å². The highest BCUT2D eigenvalue weighted by Crippen LogP contribution is 2.37. The number of Topliss-reactive ketones (excluding diaryl/α,β-unsaturated/α-hetero) is 1. The van der Waals surface area contributed by atoms with Crippen LogP contribution in [0, 0.1) is 0 Å². The van der Waals surface area contributed by atoms with E-state index in [9.17, 15) is 4.79 Å². The number of ketones is 1. The number of ether oxygens (including phenoxy) is 2. The minimum absolute atomic E-state index is 0.108. The summed E-state index contributed by atoms with van der Waals surface area (Å²) in [6.45, 7) is 1.50. The molecule has 4 rings (SSSR count). The minimum atomic E-state index is -0.108. The fraction of sp³-hybridized carbons (Fsp3) is 0.136. The molecule has 2 aromatic carbocycles. The van der Waals surface area contributed by atoms with Crippen LogP contribution in [0.5, 0.6) is 11.5 Å². The zero-order chi connectivity index (χ0) is 19.7. The van der Waals surface area contributed by atoms with Gasteiger partial charge in [0.1, 0.15) is 11.5 Å². The number of furan rings is 1. The number of fused-ring (bicyclic) bond motifs is 1. The molecule has 6 heteroatoms. The molecule has 28 heavy (non-hydrogen) atoms. The molecule has 0 fully saturated rings. The molecule has 4 aromatic rings. The van der Waals surface area contributed by atoms with E-state index in [4.69, 9.17) is 13.9 Å². The van der Waals surface area contributed by atoms with Crippen LogP contribution >= 0.6 is 11.3 Å². The summed E-state index contributed by atoms with van der Waals surface area (Å²) < 4.78 is 16.6. The first kappa shape index (κ1) is 18.1. The number of nitrogens with one attached hydrogen (secondary N) is 1. The minimum Gasteiger partial charge on any atom is -0.497 e. The van der Waals surface area contributed by atoms with E-state index in [1.807, 2.05) is 41.8 Å². The molecule has 0 amide bonds. The molecule has 0 radical (unpaired) electrons. The van der Waals surface area contributed by atoms with Gasteiger partial charge in [0.25, 0.3) is 0 Å². The van der Waals surface area contributed by atoms with Crippen LogP contribution in [0.4, 0.5) is 11.4 Å². The van der Waals surface area contributed by atoms with Crippen LogP contribution in [0.1, 0.15) is 17.5 Å². The zero-order valence-electron chi connectivity index (χ0n) is 15.7. The van der Waals surface area contributed by atoms with Crippen LogP contribution in [-0.2, 0) is 0 Å². The van der Waals surface area contributed by atoms with Gasteiger partial charge in [-0.15, -0.1) is 11.3 Å². The third-order valence-electron chi connectivity index (χ3n) is 4.40. The van der Waals surface area contributed by atoms with Gasteiger partial charge in [-0.1, -0.05) is 6.07 Å². The van der Waals surface area contributed by atoms with Gasteiger partial charge in [0.2, 0.25) is 0 Å². The molecule has 5 nitrogen and oxygen atoms in total. The van der Waals surface area contributed by atoms with Gasteiger partial charge >= 0.3 is 0 Å². The number of carbonyl (C=O) groups is 1. The lowest BCUT2D eigenvalue weighted by Gasteiger charge is -2.12. The van der Waals surface area contributed by atoms with E-state index >= 15 is 0 Å². The Kier molecular flexibility index (Phi) is 4.79. The Morgan fingerprint density at radius 1 is 1.04 bits per heavy atom. The van der Waals surface area contributed by atoms with Gasteiger partial charge in [-0.25, -0.2) is 0 Å². The van der Waals surface area contributed by atoms with E-state index in [2.05, 4.69) is 11.4 Å². The Morgan fingerprint density at radius 2 is 1.79 bits per heavy atom. The Hall–Kier alpha value is -3.25. The van der Waals surface area contributed by atoms with Gasteiger partial charge < -0.3 is 19.2 Å². The Morgan fingerprint density at radius 3 is 2.39 bits per heavy atom. The van der Waals surface area contributed by atoms with Crippen molar-refractivity contribution in [2.75, 3.05) is 19.5 Å². The molecular weight excluding hydrogens is 374 g/mol. The molecule has 0 saturated carbocycles. The first-order valence-corrected chi connectivity index (χ1v) is 9.58. The van der Waals surface area contributed by atoms with E-state index in [0.717, 1.165) is 27.2 Å². The molecule has 0 atom stereocenters. The molecule has 1 N–H and O–H groups in total. The summed E-state index contributed by atoms with van der Waals surface area (Å²) >= 11 is 1.66. The van der Waals surface area contributed by atoms with Crippen molar-refractivity contribution >= 4 is 39.5 Å². The van der Waals surface area contributed by atoms with E-state index in [1.165, 1.54) is 6.92 Å². The Bertz CT molecular complexity index is 1120. The van der Waals surface area contributed by atoms with Crippen LogP contribution in [0.3, 0.4) is 0 Å². The highest BCUT2D eigenvalue weighted by atomic mass is 32.1. The number of methoxy groups -OCH3 is 2. The molecular formula is C22H19NO4S. The largest absolute Gasteiger partial charge is 0.497 e. The lowest BCUT2D eigenvalue weighted by molar-refractivity contribution is 0.0989. The molecule has 0 saturated heterocycles. The molecule has 0 unspecified atom stereocenters. The van der Waals surface area contributed by atoms with Crippen molar-refractivity contribution in [3.8, 4) is 21.9 Å². The van der Waals surface area contributed by atoms with Crippen molar-refractivity contribution in [1.82, 2.24) is 0 Å². The average Bonchev–Trinajstić information content (AvgIpc) is 3.37.